The summed E-state index contributed by atoms with van der Waals surface area (Å²) in [7, 11) is -3.12. The van der Waals surface area contributed by atoms with Crippen LogP contribution in [-0.2, 0) is 9.84 Å². The summed E-state index contributed by atoms with van der Waals surface area (Å²) in [5, 5.41) is 2.90. The van der Waals surface area contributed by atoms with Gasteiger partial charge in [-0.15, -0.1) is 24.0 Å². The number of nitrogens with one attached hydrogen (secondary N) is 1. The molecule has 0 aromatic rings. The van der Waals surface area contributed by atoms with Crippen molar-refractivity contribution in [3.63, 3.8) is 0 Å². The molecule has 0 bridgehead atoms. The van der Waals surface area contributed by atoms with Crippen molar-refractivity contribution in [2.45, 2.75) is 51.3 Å². The lowest BCUT2D eigenvalue weighted by Crippen LogP contribution is -2.40. The monoisotopic (exact) mass is 446 g/mol. The lowest BCUT2D eigenvalue weighted by atomic mass is 10.2. The SMILES string of the molecule is CCN1CCCC1CN=C(N)NCCS(=O)(=O)C(C)(C)C.I. The molecule has 0 amide bonds. The Bertz CT molecular complexity index is 460. The highest BCUT2D eigenvalue weighted by Gasteiger charge is 2.28. The lowest BCUT2D eigenvalue weighted by molar-refractivity contribution is 0.273. The number of likely N-dealkylation sites (N-methyl/N-ethyl adjacent to an activating group) is 1. The van der Waals surface area contributed by atoms with Gasteiger partial charge in [0, 0.05) is 12.6 Å². The molecule has 1 aliphatic heterocycles. The fraction of sp³-hybridized carbons (Fsp3) is 0.929. The number of nitrogens with zero attached hydrogens (tertiary/aromatic N) is 2. The molecular formula is C14H31IN4O2S. The maximum Gasteiger partial charge on any atom is 0.188 e. The van der Waals surface area contributed by atoms with Gasteiger partial charge in [-0.25, -0.2) is 8.42 Å². The van der Waals surface area contributed by atoms with Gasteiger partial charge in [0.2, 0.25) is 0 Å². The summed E-state index contributed by atoms with van der Waals surface area (Å²) in [4.78, 5) is 6.74. The number of nitrogens with two attached hydrogens (primary N) is 1. The molecular weight excluding hydrogens is 415 g/mol. The van der Waals surface area contributed by atoms with E-state index in [2.05, 4.69) is 22.1 Å². The molecule has 0 aromatic carbocycles. The maximum atomic E-state index is 12.0. The zero-order valence-corrected chi connectivity index (χ0v) is 17.3. The highest BCUT2D eigenvalue weighted by atomic mass is 127. The minimum atomic E-state index is -3.12. The van der Waals surface area contributed by atoms with Gasteiger partial charge >= 0.3 is 0 Å². The molecule has 132 valence electrons. The molecule has 8 heteroatoms. The van der Waals surface area contributed by atoms with Crippen molar-refractivity contribution >= 4 is 39.8 Å². The van der Waals surface area contributed by atoms with Crippen LogP contribution in [0.15, 0.2) is 4.99 Å². The van der Waals surface area contributed by atoms with Crippen molar-refractivity contribution in [2.75, 3.05) is 31.9 Å². The van der Waals surface area contributed by atoms with Crippen LogP contribution >= 0.6 is 24.0 Å². The third-order valence-electron chi connectivity index (χ3n) is 3.99. The Kier molecular flexibility index (Phi) is 9.23. The highest BCUT2D eigenvalue weighted by molar-refractivity contribution is 14.0. The number of hydrogen-bond acceptors (Lipinski definition) is 4. The first-order valence-electron chi connectivity index (χ1n) is 7.67. The van der Waals surface area contributed by atoms with Crippen LogP contribution < -0.4 is 11.1 Å². The Balaban J connectivity index is 0.00000441. The normalized spacial score (nSPS) is 20.7. The standard InChI is InChI=1S/C14H30N4O2S.HI/c1-5-18-9-6-7-12(18)11-17-13(15)16-8-10-21(19,20)14(2,3)4;/h12H,5-11H2,1-4H3,(H3,15,16,17);1H. The van der Waals surface area contributed by atoms with E-state index in [0.717, 1.165) is 19.5 Å². The van der Waals surface area contributed by atoms with E-state index >= 15 is 0 Å². The van der Waals surface area contributed by atoms with Crippen molar-refractivity contribution in [3.8, 4) is 0 Å². The van der Waals surface area contributed by atoms with Gasteiger partial charge < -0.3 is 11.1 Å². The van der Waals surface area contributed by atoms with Gasteiger partial charge in [-0.1, -0.05) is 6.92 Å². The van der Waals surface area contributed by atoms with E-state index in [4.69, 9.17) is 5.73 Å². The molecule has 1 heterocycles. The summed E-state index contributed by atoms with van der Waals surface area (Å²) in [6, 6.07) is 0.466. The van der Waals surface area contributed by atoms with Crippen LogP contribution in [0.3, 0.4) is 0 Å². The minimum absolute atomic E-state index is 0. The Morgan fingerprint density at radius 1 is 1.41 bits per heavy atom. The van der Waals surface area contributed by atoms with Crippen LogP contribution in [0.1, 0.15) is 40.5 Å². The molecule has 1 rings (SSSR count). The van der Waals surface area contributed by atoms with Crippen LogP contribution in [0.25, 0.3) is 0 Å². The number of halogens is 1. The minimum Gasteiger partial charge on any atom is -0.370 e. The molecule has 0 saturated carbocycles. The second-order valence-corrected chi connectivity index (χ2v) is 9.37. The zero-order valence-electron chi connectivity index (χ0n) is 14.1. The average Bonchev–Trinajstić information content (AvgIpc) is 2.82. The van der Waals surface area contributed by atoms with Gasteiger partial charge in [0.25, 0.3) is 0 Å². The third-order valence-corrected chi connectivity index (χ3v) is 6.60. The van der Waals surface area contributed by atoms with Crippen molar-refractivity contribution in [2.24, 2.45) is 10.7 Å². The molecule has 1 unspecified atom stereocenters. The first-order valence-corrected chi connectivity index (χ1v) is 9.32. The molecule has 0 aromatic heterocycles. The third kappa shape index (κ3) is 6.57. The van der Waals surface area contributed by atoms with E-state index < -0.39 is 14.6 Å². The van der Waals surface area contributed by atoms with Gasteiger partial charge in [0.05, 0.1) is 17.0 Å². The zero-order chi connectivity index (χ0) is 16.1. The second kappa shape index (κ2) is 9.27. The highest BCUT2D eigenvalue weighted by Crippen LogP contribution is 2.16. The van der Waals surface area contributed by atoms with Crippen LogP contribution in [-0.4, -0.2) is 62.0 Å². The Morgan fingerprint density at radius 2 is 2.05 bits per heavy atom. The smallest absolute Gasteiger partial charge is 0.188 e. The second-order valence-electron chi connectivity index (χ2n) is 6.51. The summed E-state index contributed by atoms with van der Waals surface area (Å²) in [5.74, 6) is 0.402. The molecule has 3 N–H and O–H groups in total. The predicted molar refractivity (Wildman–Crippen MR) is 104 cm³/mol. The van der Waals surface area contributed by atoms with Crippen LogP contribution in [0, 0.1) is 0 Å². The Labute approximate surface area is 152 Å². The summed E-state index contributed by atoms with van der Waals surface area (Å²) in [5.41, 5.74) is 5.80. The number of hydrogen-bond donors (Lipinski definition) is 2. The molecule has 0 spiro atoms. The van der Waals surface area contributed by atoms with E-state index in [1.807, 2.05) is 0 Å². The van der Waals surface area contributed by atoms with Crippen LogP contribution in [0.4, 0.5) is 0 Å². The van der Waals surface area contributed by atoms with Gasteiger partial charge in [0.15, 0.2) is 15.8 Å². The first-order chi connectivity index (χ1) is 9.67. The number of guanidine groups is 1. The van der Waals surface area contributed by atoms with Crippen molar-refractivity contribution in [3.05, 3.63) is 0 Å². The number of sulfone groups is 1. The average molecular weight is 446 g/mol. The van der Waals surface area contributed by atoms with Gasteiger partial charge in [0.1, 0.15) is 0 Å². The van der Waals surface area contributed by atoms with E-state index in [9.17, 15) is 8.42 Å². The first kappa shape index (κ1) is 21.9. The van der Waals surface area contributed by atoms with E-state index in [1.54, 1.807) is 20.8 Å². The Hall–Kier alpha value is -0.0900. The summed E-state index contributed by atoms with van der Waals surface area (Å²) >= 11 is 0. The number of aliphatic imine (C=N–C) groups is 1. The fourth-order valence-corrected chi connectivity index (χ4v) is 3.38. The summed E-state index contributed by atoms with van der Waals surface area (Å²) in [6.45, 7) is 10.4. The number of likely N-dealkylation sites (tertiary alicyclic amines) is 1. The van der Waals surface area contributed by atoms with Crippen LogP contribution in [0.5, 0.6) is 0 Å². The molecule has 0 radical (unpaired) electrons. The molecule has 1 saturated heterocycles. The molecule has 22 heavy (non-hydrogen) atoms. The van der Waals surface area contributed by atoms with E-state index in [1.165, 1.54) is 6.42 Å². The topological polar surface area (TPSA) is 87.8 Å². The quantitative estimate of drug-likeness (QED) is 0.364. The van der Waals surface area contributed by atoms with Gasteiger partial charge in [-0.05, 0) is 46.7 Å². The Morgan fingerprint density at radius 3 is 2.59 bits per heavy atom. The van der Waals surface area contributed by atoms with Crippen molar-refractivity contribution in [1.29, 1.82) is 0 Å². The largest absolute Gasteiger partial charge is 0.370 e. The molecule has 1 atom stereocenters. The summed E-state index contributed by atoms with van der Waals surface area (Å²) in [6.07, 6.45) is 2.37. The van der Waals surface area contributed by atoms with E-state index in [-0.39, 0.29) is 29.7 Å². The fourth-order valence-electron chi connectivity index (χ4n) is 2.40. The summed E-state index contributed by atoms with van der Waals surface area (Å²) < 4.78 is 23.2. The van der Waals surface area contributed by atoms with Crippen LogP contribution in [0.2, 0.25) is 0 Å². The number of rotatable bonds is 6. The molecule has 1 fully saturated rings. The predicted octanol–water partition coefficient (Wildman–Crippen LogP) is 1.21. The van der Waals surface area contributed by atoms with Gasteiger partial charge in [-0.2, -0.15) is 0 Å². The van der Waals surface area contributed by atoms with Crippen molar-refractivity contribution in [1.82, 2.24) is 10.2 Å². The lowest BCUT2D eigenvalue weighted by Gasteiger charge is -2.21. The molecule has 6 nitrogen and oxygen atoms in total. The molecule has 0 aliphatic carbocycles. The molecule has 1 aliphatic rings. The van der Waals surface area contributed by atoms with Crippen molar-refractivity contribution < 1.29 is 8.42 Å². The van der Waals surface area contributed by atoms with Gasteiger partial charge in [-0.3, -0.25) is 9.89 Å². The maximum absolute atomic E-state index is 12.0. The van der Waals surface area contributed by atoms with E-state index in [0.29, 0.717) is 25.1 Å².